The molecule has 0 aromatic heterocycles. The average molecular weight is 432 g/mol. The Hall–Kier alpha value is -0.920. The first-order valence-electron chi connectivity index (χ1n) is 7.33. The largest absolute Gasteiger partial charge is 0.396 e. The Labute approximate surface area is 154 Å². The monoisotopic (exact) mass is 430 g/mol. The maximum atomic E-state index is 13.0. The highest BCUT2D eigenvalue weighted by Gasteiger charge is 2.70. The first kappa shape index (κ1) is 17.9. The molecule has 0 unspecified atom stereocenters. The quantitative estimate of drug-likeness (QED) is 0.763. The zero-order chi connectivity index (χ0) is 17.5. The van der Waals surface area contributed by atoms with Gasteiger partial charge in [0.25, 0.3) is 0 Å². The minimum absolute atomic E-state index is 0.141. The van der Waals surface area contributed by atoms with E-state index in [-0.39, 0.29) is 4.90 Å². The van der Waals surface area contributed by atoms with Gasteiger partial charge >= 0.3 is 0 Å². The van der Waals surface area contributed by atoms with Crippen LogP contribution in [0.25, 0.3) is 0 Å². The van der Waals surface area contributed by atoms with Gasteiger partial charge in [-0.2, -0.15) is 0 Å². The van der Waals surface area contributed by atoms with Crippen molar-refractivity contribution in [1.29, 1.82) is 0 Å². The summed E-state index contributed by atoms with van der Waals surface area (Å²) in [6.07, 6.45) is 0. The third-order valence-electron chi connectivity index (χ3n) is 4.67. The van der Waals surface area contributed by atoms with Crippen LogP contribution in [0.5, 0.6) is 0 Å². The van der Waals surface area contributed by atoms with Crippen molar-refractivity contribution in [2.24, 2.45) is 5.41 Å². The van der Waals surface area contributed by atoms with Gasteiger partial charge in [0.15, 0.2) is 9.84 Å². The van der Waals surface area contributed by atoms with Gasteiger partial charge < -0.3 is 10.2 Å². The molecule has 3 rings (SSSR count). The summed E-state index contributed by atoms with van der Waals surface area (Å²) in [6.45, 7) is -0.802. The summed E-state index contributed by atoms with van der Waals surface area (Å²) in [4.78, 5) is 0.141. The Morgan fingerprint density at radius 1 is 1.00 bits per heavy atom. The van der Waals surface area contributed by atoms with Gasteiger partial charge in [-0.15, -0.1) is 0 Å². The van der Waals surface area contributed by atoms with Crippen LogP contribution in [0.15, 0.2) is 57.9 Å². The van der Waals surface area contributed by atoms with Crippen LogP contribution in [0.4, 0.5) is 0 Å². The molecule has 24 heavy (non-hydrogen) atoms. The lowest BCUT2D eigenvalue weighted by atomic mass is 10.0. The van der Waals surface area contributed by atoms with Crippen LogP contribution in [-0.2, 0) is 9.84 Å². The van der Waals surface area contributed by atoms with Gasteiger partial charge in [-0.05, 0) is 42.0 Å². The normalized spacial score (nSPS) is 22.3. The fourth-order valence-corrected chi connectivity index (χ4v) is 6.14. The number of hydrogen-bond acceptors (Lipinski definition) is 4. The summed E-state index contributed by atoms with van der Waals surface area (Å²) >= 11 is 9.17. The third kappa shape index (κ3) is 2.80. The van der Waals surface area contributed by atoms with Gasteiger partial charge in [-0.25, -0.2) is 8.42 Å². The molecule has 2 N–H and O–H groups in total. The summed E-state index contributed by atoms with van der Waals surface area (Å²) < 4.78 is 26.9. The van der Waals surface area contributed by atoms with E-state index in [9.17, 15) is 18.6 Å². The number of rotatable bonds is 5. The van der Waals surface area contributed by atoms with E-state index >= 15 is 0 Å². The van der Waals surface area contributed by atoms with E-state index in [4.69, 9.17) is 11.6 Å². The summed E-state index contributed by atoms with van der Waals surface area (Å²) in [5, 5.41) is 19.2. The fourth-order valence-electron chi connectivity index (χ4n) is 3.32. The molecule has 0 spiro atoms. The Bertz CT molecular complexity index is 830. The van der Waals surface area contributed by atoms with E-state index < -0.39 is 39.6 Å². The zero-order valence-corrected chi connectivity index (χ0v) is 15.7. The Morgan fingerprint density at radius 2 is 1.54 bits per heavy atom. The second kappa shape index (κ2) is 6.42. The predicted octanol–water partition coefficient (Wildman–Crippen LogP) is 3.01. The molecule has 0 bridgehead atoms. The van der Waals surface area contributed by atoms with E-state index in [2.05, 4.69) is 15.9 Å². The second-order valence-electron chi connectivity index (χ2n) is 6.00. The molecule has 0 radical (unpaired) electrons. The van der Waals surface area contributed by atoms with Crippen LogP contribution in [0.1, 0.15) is 11.5 Å². The molecule has 2 aromatic carbocycles. The van der Waals surface area contributed by atoms with E-state index in [0.717, 1.165) is 10.0 Å². The molecule has 0 heterocycles. The van der Waals surface area contributed by atoms with Gasteiger partial charge in [0.05, 0.1) is 23.4 Å². The fraction of sp³-hybridized carbons (Fsp3) is 0.294. The second-order valence-corrected chi connectivity index (χ2v) is 9.42. The van der Waals surface area contributed by atoms with Crippen LogP contribution in [-0.4, -0.2) is 37.1 Å². The topological polar surface area (TPSA) is 74.6 Å². The van der Waals surface area contributed by atoms with Crippen molar-refractivity contribution in [3.63, 3.8) is 0 Å². The van der Waals surface area contributed by atoms with Gasteiger partial charge in [0.2, 0.25) is 0 Å². The molecule has 7 heteroatoms. The van der Waals surface area contributed by atoms with E-state index in [1.807, 2.05) is 24.3 Å². The maximum absolute atomic E-state index is 13.0. The molecule has 0 amide bonds. The molecule has 1 saturated carbocycles. The van der Waals surface area contributed by atoms with E-state index in [0.29, 0.717) is 5.02 Å². The van der Waals surface area contributed by atoms with Crippen molar-refractivity contribution >= 4 is 37.4 Å². The summed E-state index contributed by atoms with van der Waals surface area (Å²) in [5.74, 6) is -0.457. The van der Waals surface area contributed by atoms with Gasteiger partial charge in [-0.3, -0.25) is 0 Å². The smallest absolute Gasteiger partial charge is 0.182 e. The summed E-state index contributed by atoms with van der Waals surface area (Å²) in [6, 6.07) is 13.2. The average Bonchev–Trinajstić information content (AvgIpc) is 3.26. The predicted molar refractivity (Wildman–Crippen MR) is 95.9 cm³/mol. The SMILES string of the molecule is O=S(=O)(c1ccc(Cl)cc1)[C@@H]1[C@H](c2ccc(Br)cc2)C1(CO)CO. The molecule has 2 aromatic rings. The van der Waals surface area contributed by atoms with Crippen molar-refractivity contribution in [3.8, 4) is 0 Å². The molecule has 1 aliphatic rings. The molecule has 1 fully saturated rings. The van der Waals surface area contributed by atoms with Gasteiger partial charge in [-0.1, -0.05) is 39.7 Å². The van der Waals surface area contributed by atoms with Crippen LogP contribution < -0.4 is 0 Å². The van der Waals surface area contributed by atoms with Crippen molar-refractivity contribution in [3.05, 3.63) is 63.6 Å². The highest BCUT2D eigenvalue weighted by Crippen LogP contribution is 2.63. The number of aliphatic hydroxyl groups excluding tert-OH is 2. The molecular formula is C17H16BrClO4S. The highest BCUT2D eigenvalue weighted by atomic mass is 79.9. The maximum Gasteiger partial charge on any atom is 0.182 e. The first-order chi connectivity index (χ1) is 11.4. The Kier molecular flexibility index (Phi) is 4.79. The number of halogens is 2. The standard InChI is InChI=1S/C17H16BrClO4S/c18-12-3-1-11(2-4-12)15-16(17(15,9-20)10-21)24(22,23)14-7-5-13(19)6-8-14/h1-8,15-16,20-21H,9-10H2/t15-,16+/m0/s1. The highest BCUT2D eigenvalue weighted by molar-refractivity contribution is 9.10. The first-order valence-corrected chi connectivity index (χ1v) is 10.1. The molecule has 4 nitrogen and oxygen atoms in total. The molecule has 0 aliphatic heterocycles. The van der Waals surface area contributed by atoms with Gasteiger partial charge in [0, 0.05) is 20.8 Å². The lowest BCUT2D eigenvalue weighted by molar-refractivity contribution is 0.130. The number of hydrogen-bond donors (Lipinski definition) is 2. The molecular weight excluding hydrogens is 416 g/mol. The number of benzene rings is 2. The lowest BCUT2D eigenvalue weighted by Crippen LogP contribution is -2.23. The van der Waals surface area contributed by atoms with Crippen molar-refractivity contribution in [2.45, 2.75) is 16.1 Å². The van der Waals surface area contributed by atoms with Gasteiger partial charge in [0.1, 0.15) is 0 Å². The zero-order valence-electron chi connectivity index (χ0n) is 12.6. The van der Waals surface area contributed by atoms with Crippen LogP contribution in [0.2, 0.25) is 5.02 Å². The third-order valence-corrected chi connectivity index (χ3v) is 7.79. The van der Waals surface area contributed by atoms with Crippen molar-refractivity contribution in [1.82, 2.24) is 0 Å². The van der Waals surface area contributed by atoms with Crippen molar-refractivity contribution in [2.75, 3.05) is 13.2 Å². The number of aliphatic hydroxyl groups is 2. The van der Waals surface area contributed by atoms with Crippen LogP contribution in [0, 0.1) is 5.41 Å². The van der Waals surface area contributed by atoms with E-state index in [1.165, 1.54) is 24.3 Å². The lowest BCUT2D eigenvalue weighted by Gasteiger charge is -2.11. The Balaban J connectivity index is 2.04. The number of sulfone groups is 1. The van der Waals surface area contributed by atoms with E-state index in [1.54, 1.807) is 0 Å². The van der Waals surface area contributed by atoms with Crippen LogP contribution >= 0.6 is 27.5 Å². The Morgan fingerprint density at radius 3 is 2.04 bits per heavy atom. The molecule has 1 aliphatic carbocycles. The molecule has 2 atom stereocenters. The summed E-state index contributed by atoms with van der Waals surface area (Å²) in [7, 11) is -3.71. The molecule has 128 valence electrons. The van der Waals surface area contributed by atoms with Crippen LogP contribution in [0.3, 0.4) is 0 Å². The summed E-state index contributed by atoms with van der Waals surface area (Å²) in [5.41, 5.74) is -0.296. The van der Waals surface area contributed by atoms with Crippen molar-refractivity contribution < 1.29 is 18.6 Å². The molecule has 0 saturated heterocycles. The minimum atomic E-state index is -3.71. The minimum Gasteiger partial charge on any atom is -0.396 e.